The van der Waals surface area contributed by atoms with Crippen LogP contribution < -0.4 is 0 Å². The molecule has 7 nitrogen and oxygen atoms in total. The average molecular weight is 322 g/mol. The SMILES string of the molecule is COCCN1C(=O)CO[C@H]2CCN(Cc3cnn(C)c3)CC[C@@H]21. The van der Waals surface area contributed by atoms with E-state index in [1.165, 1.54) is 5.56 Å². The zero-order chi connectivity index (χ0) is 16.2. The summed E-state index contributed by atoms with van der Waals surface area (Å²) in [5.74, 6) is 0.0870. The number of morpholine rings is 1. The molecule has 0 unspecified atom stereocenters. The molecule has 1 amide bonds. The van der Waals surface area contributed by atoms with Crippen LogP contribution in [-0.4, -0.2) is 77.6 Å². The molecule has 0 bridgehead atoms. The molecule has 3 heterocycles. The molecule has 1 aromatic heterocycles. The van der Waals surface area contributed by atoms with Crippen LogP contribution in [0.4, 0.5) is 0 Å². The van der Waals surface area contributed by atoms with Gasteiger partial charge in [-0.3, -0.25) is 14.4 Å². The number of amides is 1. The molecule has 0 N–H and O–H groups in total. The molecule has 0 aromatic carbocycles. The van der Waals surface area contributed by atoms with Gasteiger partial charge in [0.25, 0.3) is 0 Å². The summed E-state index contributed by atoms with van der Waals surface area (Å²) in [6, 6.07) is 0.172. The van der Waals surface area contributed by atoms with Gasteiger partial charge in [0.05, 0.1) is 24.9 Å². The van der Waals surface area contributed by atoms with Crippen molar-refractivity contribution in [2.75, 3.05) is 40.0 Å². The Morgan fingerprint density at radius 1 is 1.39 bits per heavy atom. The standard InChI is InChI=1S/C16H26N4O3/c1-18-10-13(9-17-18)11-19-5-3-14-15(4-6-19)23-12-16(21)20(14)7-8-22-2/h9-10,14-15H,3-8,11-12H2,1-2H3/t14-,15-/m0/s1. The smallest absolute Gasteiger partial charge is 0.249 e. The first-order chi connectivity index (χ1) is 11.2. The van der Waals surface area contributed by atoms with Crippen LogP contribution in [0.5, 0.6) is 0 Å². The molecule has 23 heavy (non-hydrogen) atoms. The average Bonchev–Trinajstić information content (AvgIpc) is 2.83. The van der Waals surface area contributed by atoms with Crippen molar-refractivity contribution in [1.82, 2.24) is 19.6 Å². The van der Waals surface area contributed by atoms with Crippen molar-refractivity contribution in [2.45, 2.75) is 31.5 Å². The maximum absolute atomic E-state index is 12.2. The quantitative estimate of drug-likeness (QED) is 0.778. The molecule has 2 saturated heterocycles. The fourth-order valence-corrected chi connectivity index (χ4v) is 3.56. The van der Waals surface area contributed by atoms with Crippen LogP contribution in [0.25, 0.3) is 0 Å². The predicted molar refractivity (Wildman–Crippen MR) is 84.8 cm³/mol. The van der Waals surface area contributed by atoms with Crippen LogP contribution in [0, 0.1) is 0 Å². The number of hydrogen-bond acceptors (Lipinski definition) is 5. The van der Waals surface area contributed by atoms with Gasteiger partial charge in [-0.25, -0.2) is 0 Å². The van der Waals surface area contributed by atoms with Crippen molar-refractivity contribution in [2.24, 2.45) is 7.05 Å². The molecule has 1 aromatic rings. The normalized spacial score (nSPS) is 26.2. The van der Waals surface area contributed by atoms with E-state index in [1.54, 1.807) is 7.11 Å². The Morgan fingerprint density at radius 3 is 2.96 bits per heavy atom. The molecule has 3 rings (SSSR count). The molecule has 0 saturated carbocycles. The van der Waals surface area contributed by atoms with Crippen molar-refractivity contribution in [1.29, 1.82) is 0 Å². The highest BCUT2D eigenvalue weighted by atomic mass is 16.5. The third-order valence-corrected chi connectivity index (χ3v) is 4.74. The highest BCUT2D eigenvalue weighted by Gasteiger charge is 2.38. The second-order valence-electron chi connectivity index (χ2n) is 6.37. The minimum absolute atomic E-state index is 0.0870. The number of likely N-dealkylation sites (tertiary alicyclic amines) is 1. The summed E-state index contributed by atoms with van der Waals surface area (Å²) in [5.41, 5.74) is 1.23. The molecule has 0 aliphatic carbocycles. The van der Waals surface area contributed by atoms with E-state index >= 15 is 0 Å². The van der Waals surface area contributed by atoms with Crippen LogP contribution in [0.3, 0.4) is 0 Å². The molecule has 2 aliphatic heterocycles. The third kappa shape index (κ3) is 3.91. The van der Waals surface area contributed by atoms with Crippen molar-refractivity contribution in [3.8, 4) is 0 Å². The molecule has 2 atom stereocenters. The van der Waals surface area contributed by atoms with Gasteiger partial charge in [0, 0.05) is 52.1 Å². The maximum atomic E-state index is 12.2. The summed E-state index contributed by atoms with van der Waals surface area (Å²) in [6.07, 6.45) is 6.02. The maximum Gasteiger partial charge on any atom is 0.249 e. The van der Waals surface area contributed by atoms with Crippen molar-refractivity contribution in [3.05, 3.63) is 18.0 Å². The van der Waals surface area contributed by atoms with E-state index in [9.17, 15) is 4.79 Å². The van der Waals surface area contributed by atoms with Gasteiger partial charge in [0.15, 0.2) is 0 Å². The Labute approximate surface area is 137 Å². The number of aryl methyl sites for hydroxylation is 1. The van der Waals surface area contributed by atoms with Gasteiger partial charge in [-0.15, -0.1) is 0 Å². The number of fused-ring (bicyclic) bond motifs is 1. The summed E-state index contributed by atoms with van der Waals surface area (Å²) < 4.78 is 12.8. The number of carbonyl (C=O) groups excluding carboxylic acids is 1. The molecular formula is C16H26N4O3. The molecule has 128 valence electrons. The summed E-state index contributed by atoms with van der Waals surface area (Å²) >= 11 is 0. The van der Waals surface area contributed by atoms with Gasteiger partial charge in [-0.05, 0) is 12.8 Å². The molecular weight excluding hydrogens is 296 g/mol. The fraction of sp³-hybridized carbons (Fsp3) is 0.750. The first-order valence-electron chi connectivity index (χ1n) is 8.27. The Balaban J connectivity index is 1.62. The van der Waals surface area contributed by atoms with E-state index in [1.807, 2.05) is 22.8 Å². The minimum Gasteiger partial charge on any atom is -0.383 e. The lowest BCUT2D eigenvalue weighted by Gasteiger charge is -2.40. The van der Waals surface area contributed by atoms with E-state index in [4.69, 9.17) is 9.47 Å². The molecule has 2 aliphatic rings. The van der Waals surface area contributed by atoms with Gasteiger partial charge in [0.1, 0.15) is 6.61 Å². The first-order valence-corrected chi connectivity index (χ1v) is 8.27. The van der Waals surface area contributed by atoms with Gasteiger partial charge >= 0.3 is 0 Å². The summed E-state index contributed by atoms with van der Waals surface area (Å²) in [4.78, 5) is 16.6. The highest BCUT2D eigenvalue weighted by Crippen LogP contribution is 2.25. The van der Waals surface area contributed by atoms with Crippen LogP contribution in [0.2, 0.25) is 0 Å². The van der Waals surface area contributed by atoms with E-state index in [0.717, 1.165) is 32.5 Å². The number of hydrogen-bond donors (Lipinski definition) is 0. The Bertz CT molecular complexity index is 533. The fourth-order valence-electron chi connectivity index (χ4n) is 3.56. The second kappa shape index (κ2) is 7.42. The van der Waals surface area contributed by atoms with Crippen LogP contribution >= 0.6 is 0 Å². The Hall–Kier alpha value is -1.44. The lowest BCUT2D eigenvalue weighted by atomic mass is 10.0. The highest BCUT2D eigenvalue weighted by molar-refractivity contribution is 5.78. The molecule has 2 fully saturated rings. The van der Waals surface area contributed by atoms with Gasteiger partial charge in [-0.1, -0.05) is 0 Å². The monoisotopic (exact) mass is 322 g/mol. The lowest BCUT2D eigenvalue weighted by Crippen LogP contribution is -2.55. The molecule has 0 radical (unpaired) electrons. The summed E-state index contributed by atoms with van der Waals surface area (Å²) in [6.45, 7) is 4.29. The van der Waals surface area contributed by atoms with Gasteiger partial charge < -0.3 is 14.4 Å². The van der Waals surface area contributed by atoms with E-state index in [2.05, 4.69) is 16.2 Å². The number of methoxy groups -OCH3 is 1. The third-order valence-electron chi connectivity index (χ3n) is 4.74. The Morgan fingerprint density at radius 2 is 2.22 bits per heavy atom. The first kappa shape index (κ1) is 16.4. The number of rotatable bonds is 5. The van der Waals surface area contributed by atoms with Crippen LogP contribution in [0.1, 0.15) is 18.4 Å². The number of nitrogens with zero attached hydrogens (tertiary/aromatic N) is 4. The zero-order valence-corrected chi connectivity index (χ0v) is 14.0. The summed E-state index contributed by atoms with van der Waals surface area (Å²) in [5, 5.41) is 4.23. The predicted octanol–water partition coefficient (Wildman–Crippen LogP) is 0.258. The second-order valence-corrected chi connectivity index (χ2v) is 6.37. The van der Waals surface area contributed by atoms with Crippen molar-refractivity contribution in [3.63, 3.8) is 0 Å². The van der Waals surface area contributed by atoms with Gasteiger partial charge in [-0.2, -0.15) is 5.10 Å². The number of ether oxygens (including phenoxy) is 2. The van der Waals surface area contributed by atoms with Crippen LogP contribution in [0.15, 0.2) is 12.4 Å². The van der Waals surface area contributed by atoms with Crippen LogP contribution in [-0.2, 0) is 27.9 Å². The van der Waals surface area contributed by atoms with Gasteiger partial charge in [0.2, 0.25) is 5.91 Å². The zero-order valence-electron chi connectivity index (χ0n) is 14.0. The Kier molecular flexibility index (Phi) is 5.30. The van der Waals surface area contributed by atoms with Crippen molar-refractivity contribution < 1.29 is 14.3 Å². The topological polar surface area (TPSA) is 59.8 Å². The van der Waals surface area contributed by atoms with E-state index in [0.29, 0.717) is 13.2 Å². The number of carbonyl (C=O) groups is 1. The largest absolute Gasteiger partial charge is 0.383 e. The minimum atomic E-state index is 0.0870. The lowest BCUT2D eigenvalue weighted by molar-refractivity contribution is -0.158. The van der Waals surface area contributed by atoms with E-state index in [-0.39, 0.29) is 24.7 Å². The molecule has 7 heteroatoms. The van der Waals surface area contributed by atoms with E-state index < -0.39 is 0 Å². The number of aromatic nitrogens is 2. The summed E-state index contributed by atoms with van der Waals surface area (Å²) in [7, 11) is 3.61. The molecule has 0 spiro atoms. The van der Waals surface area contributed by atoms with Crippen molar-refractivity contribution >= 4 is 5.91 Å².